The van der Waals surface area contributed by atoms with Crippen LogP contribution in [0.15, 0.2) is 91.0 Å². The van der Waals surface area contributed by atoms with E-state index in [1.807, 2.05) is 66.7 Å². The van der Waals surface area contributed by atoms with Crippen LogP contribution in [0.5, 0.6) is 11.8 Å². The molecule has 4 rings (SSSR count). The maximum absolute atomic E-state index is 8.93. The number of nitriles is 1. The van der Waals surface area contributed by atoms with Gasteiger partial charge in [-0.15, -0.1) is 0 Å². The van der Waals surface area contributed by atoms with Crippen molar-refractivity contribution < 1.29 is 4.74 Å². The van der Waals surface area contributed by atoms with Crippen molar-refractivity contribution in [3.63, 3.8) is 0 Å². The van der Waals surface area contributed by atoms with Crippen LogP contribution in [0.1, 0.15) is 5.56 Å². The third-order valence-corrected chi connectivity index (χ3v) is 4.04. The van der Waals surface area contributed by atoms with Crippen molar-refractivity contribution >= 4 is 0 Å². The maximum atomic E-state index is 8.93. The fourth-order valence-corrected chi connectivity index (χ4v) is 2.69. The third-order valence-electron chi connectivity index (χ3n) is 4.04. The predicted octanol–water partition coefficient (Wildman–Crippen LogP) is 5.47. The first kappa shape index (κ1) is 16.5. The van der Waals surface area contributed by atoms with Gasteiger partial charge in [0.1, 0.15) is 5.75 Å². The van der Waals surface area contributed by atoms with Gasteiger partial charge >= 0.3 is 6.01 Å². The van der Waals surface area contributed by atoms with E-state index in [0.717, 1.165) is 22.5 Å². The summed E-state index contributed by atoms with van der Waals surface area (Å²) in [6, 6.07) is 31.0. The van der Waals surface area contributed by atoms with Crippen molar-refractivity contribution in [1.82, 2.24) is 9.97 Å². The minimum atomic E-state index is 0.264. The second-order valence-corrected chi connectivity index (χ2v) is 5.89. The lowest BCUT2D eigenvalue weighted by atomic mass is 10.1. The Morgan fingerprint density at radius 1 is 0.667 bits per heavy atom. The van der Waals surface area contributed by atoms with E-state index in [4.69, 9.17) is 10.00 Å². The van der Waals surface area contributed by atoms with Gasteiger partial charge in [-0.2, -0.15) is 15.2 Å². The Balaban J connectivity index is 1.77. The van der Waals surface area contributed by atoms with Gasteiger partial charge in [0, 0.05) is 11.1 Å². The summed E-state index contributed by atoms with van der Waals surface area (Å²) in [4.78, 5) is 9.14. The van der Waals surface area contributed by atoms with Crippen LogP contribution >= 0.6 is 0 Å². The molecule has 0 spiro atoms. The van der Waals surface area contributed by atoms with Crippen molar-refractivity contribution in [2.75, 3.05) is 0 Å². The Bertz CT molecular complexity index is 1030. The van der Waals surface area contributed by atoms with E-state index in [1.165, 1.54) is 0 Å². The lowest BCUT2D eigenvalue weighted by molar-refractivity contribution is 0.443. The van der Waals surface area contributed by atoms with Crippen LogP contribution < -0.4 is 4.74 Å². The number of hydrogen-bond donors (Lipinski definition) is 0. The zero-order valence-corrected chi connectivity index (χ0v) is 14.4. The van der Waals surface area contributed by atoms with Crippen molar-refractivity contribution in [2.45, 2.75) is 0 Å². The molecule has 4 aromatic rings. The zero-order chi connectivity index (χ0) is 18.5. The summed E-state index contributed by atoms with van der Waals surface area (Å²) in [5.74, 6) is 0.582. The van der Waals surface area contributed by atoms with E-state index >= 15 is 0 Å². The van der Waals surface area contributed by atoms with Crippen LogP contribution in [0, 0.1) is 11.3 Å². The van der Waals surface area contributed by atoms with Crippen molar-refractivity contribution in [2.24, 2.45) is 0 Å². The molecule has 0 atom stereocenters. The highest BCUT2D eigenvalue weighted by atomic mass is 16.5. The van der Waals surface area contributed by atoms with E-state index in [0.29, 0.717) is 11.3 Å². The van der Waals surface area contributed by atoms with Gasteiger partial charge < -0.3 is 4.74 Å². The van der Waals surface area contributed by atoms with Crippen LogP contribution in [0.25, 0.3) is 22.5 Å². The molecule has 27 heavy (non-hydrogen) atoms. The number of hydrogen-bond acceptors (Lipinski definition) is 4. The third kappa shape index (κ3) is 3.83. The monoisotopic (exact) mass is 349 g/mol. The van der Waals surface area contributed by atoms with E-state index in [-0.39, 0.29) is 6.01 Å². The van der Waals surface area contributed by atoms with E-state index in [1.54, 1.807) is 24.3 Å². The van der Waals surface area contributed by atoms with Crippen molar-refractivity contribution in [1.29, 1.82) is 5.26 Å². The van der Waals surface area contributed by atoms with Crippen LogP contribution in [0.2, 0.25) is 0 Å². The molecule has 0 amide bonds. The molecule has 0 saturated carbocycles. The Morgan fingerprint density at radius 3 is 1.67 bits per heavy atom. The normalized spacial score (nSPS) is 10.2. The molecular weight excluding hydrogens is 334 g/mol. The van der Waals surface area contributed by atoms with Crippen LogP contribution in [-0.2, 0) is 0 Å². The topological polar surface area (TPSA) is 58.8 Å². The number of rotatable bonds is 4. The maximum Gasteiger partial charge on any atom is 0.323 e. The van der Waals surface area contributed by atoms with Crippen LogP contribution in [-0.4, -0.2) is 9.97 Å². The minimum Gasteiger partial charge on any atom is -0.424 e. The van der Waals surface area contributed by atoms with Gasteiger partial charge in [0.05, 0.1) is 23.0 Å². The highest BCUT2D eigenvalue weighted by Gasteiger charge is 2.10. The molecule has 0 fully saturated rings. The molecule has 0 unspecified atom stereocenters. The SMILES string of the molecule is N#Cc1ccc(Oc2nc(-c3ccccc3)cc(-c3ccccc3)n2)cc1. The molecule has 3 aromatic carbocycles. The Hall–Kier alpha value is -3.97. The molecule has 0 bridgehead atoms. The van der Waals surface area contributed by atoms with Gasteiger partial charge in [0.2, 0.25) is 0 Å². The number of ether oxygens (including phenoxy) is 1. The average Bonchev–Trinajstić information content (AvgIpc) is 2.75. The lowest BCUT2D eigenvalue weighted by Gasteiger charge is -2.09. The predicted molar refractivity (Wildman–Crippen MR) is 104 cm³/mol. The van der Waals surface area contributed by atoms with Gasteiger partial charge in [-0.3, -0.25) is 0 Å². The molecule has 0 radical (unpaired) electrons. The van der Waals surface area contributed by atoms with Gasteiger partial charge in [-0.25, -0.2) is 0 Å². The first-order valence-electron chi connectivity index (χ1n) is 8.50. The lowest BCUT2D eigenvalue weighted by Crippen LogP contribution is -1.96. The molecule has 0 saturated heterocycles. The van der Waals surface area contributed by atoms with Gasteiger partial charge in [-0.05, 0) is 30.3 Å². The summed E-state index contributed by atoms with van der Waals surface area (Å²) in [5.41, 5.74) is 4.12. The zero-order valence-electron chi connectivity index (χ0n) is 14.4. The molecule has 0 N–H and O–H groups in total. The van der Waals surface area contributed by atoms with Crippen molar-refractivity contribution in [3.05, 3.63) is 96.6 Å². The number of aromatic nitrogens is 2. The first-order valence-corrected chi connectivity index (χ1v) is 8.50. The summed E-state index contributed by atoms with van der Waals surface area (Å²) >= 11 is 0. The Morgan fingerprint density at radius 2 is 1.19 bits per heavy atom. The minimum absolute atomic E-state index is 0.264. The second-order valence-electron chi connectivity index (χ2n) is 5.89. The highest BCUT2D eigenvalue weighted by Crippen LogP contribution is 2.27. The smallest absolute Gasteiger partial charge is 0.323 e. The quantitative estimate of drug-likeness (QED) is 0.490. The summed E-state index contributed by atoms with van der Waals surface area (Å²) in [6.45, 7) is 0. The van der Waals surface area contributed by atoms with E-state index in [2.05, 4.69) is 16.0 Å². The van der Waals surface area contributed by atoms with Gasteiger partial charge in [0.15, 0.2) is 0 Å². The van der Waals surface area contributed by atoms with Crippen molar-refractivity contribution in [3.8, 4) is 40.3 Å². The fraction of sp³-hybridized carbons (Fsp3) is 0. The Kier molecular flexibility index (Phi) is 4.59. The summed E-state index contributed by atoms with van der Waals surface area (Å²) in [7, 11) is 0. The second kappa shape index (κ2) is 7.51. The van der Waals surface area contributed by atoms with Gasteiger partial charge in [0.25, 0.3) is 0 Å². The van der Waals surface area contributed by atoms with Gasteiger partial charge in [-0.1, -0.05) is 60.7 Å². The van der Waals surface area contributed by atoms with E-state index in [9.17, 15) is 0 Å². The standard InChI is InChI=1S/C23H15N3O/c24-16-17-11-13-20(14-12-17)27-23-25-21(18-7-3-1-4-8-18)15-22(26-23)19-9-5-2-6-10-19/h1-15H. The molecule has 1 aromatic heterocycles. The molecule has 128 valence electrons. The first-order chi connectivity index (χ1) is 13.3. The summed E-state index contributed by atoms with van der Waals surface area (Å²) in [6.07, 6.45) is 0. The summed E-state index contributed by atoms with van der Waals surface area (Å²) < 4.78 is 5.87. The molecule has 0 aliphatic carbocycles. The molecule has 1 heterocycles. The summed E-state index contributed by atoms with van der Waals surface area (Å²) in [5, 5.41) is 8.93. The molecule has 0 aliphatic heterocycles. The molecular formula is C23H15N3O. The van der Waals surface area contributed by atoms with Crippen LogP contribution in [0.4, 0.5) is 0 Å². The number of nitrogens with zero attached hydrogens (tertiary/aromatic N) is 3. The fourth-order valence-electron chi connectivity index (χ4n) is 2.69. The molecule has 0 aliphatic rings. The molecule has 4 nitrogen and oxygen atoms in total. The Labute approximate surface area is 157 Å². The largest absolute Gasteiger partial charge is 0.424 e. The molecule has 4 heteroatoms. The number of benzene rings is 3. The average molecular weight is 349 g/mol. The van der Waals surface area contributed by atoms with Crippen LogP contribution in [0.3, 0.4) is 0 Å². The van der Waals surface area contributed by atoms with E-state index < -0.39 is 0 Å². The highest BCUT2D eigenvalue weighted by molar-refractivity contribution is 5.68.